The van der Waals surface area contributed by atoms with Gasteiger partial charge >= 0.3 is 0 Å². The van der Waals surface area contributed by atoms with Gasteiger partial charge in [0.25, 0.3) is 11.5 Å². The van der Waals surface area contributed by atoms with E-state index in [4.69, 9.17) is 12.2 Å². The molecule has 4 rings (SSSR count). The highest BCUT2D eigenvalue weighted by Gasteiger charge is 2.35. The van der Waals surface area contributed by atoms with Crippen molar-refractivity contribution in [3.05, 3.63) is 43.8 Å². The fraction of sp³-hybridized carbons (Fsp3) is 0.278. The molecule has 1 aromatic carbocycles. The first-order valence-corrected chi connectivity index (χ1v) is 10.5. The Hall–Kier alpha value is -2.10. The summed E-state index contributed by atoms with van der Waals surface area (Å²) in [6, 6.07) is 8.07. The highest BCUT2D eigenvalue weighted by atomic mass is 32.2. The molecule has 0 atom stereocenters. The molecule has 1 saturated heterocycles. The summed E-state index contributed by atoms with van der Waals surface area (Å²) in [6.45, 7) is 2.40. The van der Waals surface area contributed by atoms with E-state index >= 15 is 0 Å². The Morgan fingerprint density at radius 2 is 1.74 bits per heavy atom. The second-order valence-corrected chi connectivity index (χ2v) is 8.67. The monoisotopic (exact) mass is 418 g/mol. The number of amides is 1. The fourth-order valence-corrected chi connectivity index (χ4v) is 6.02. The predicted molar refractivity (Wildman–Crippen MR) is 114 cm³/mol. The number of likely N-dealkylation sites (N-methyl/N-ethyl adjacent to an activating group) is 2. The van der Waals surface area contributed by atoms with Crippen molar-refractivity contribution < 1.29 is 4.79 Å². The highest BCUT2D eigenvalue weighted by Crippen LogP contribution is 2.44. The van der Waals surface area contributed by atoms with Gasteiger partial charge in [-0.25, -0.2) is 0 Å². The van der Waals surface area contributed by atoms with E-state index in [0.717, 1.165) is 15.6 Å². The molecular weight excluding hydrogens is 400 g/mol. The van der Waals surface area contributed by atoms with Crippen molar-refractivity contribution in [1.29, 1.82) is 0 Å². The topological polar surface area (TPSA) is 48.8 Å². The number of benzene rings is 1. The first-order chi connectivity index (χ1) is 12.9. The van der Waals surface area contributed by atoms with Crippen molar-refractivity contribution in [3.8, 4) is 0 Å². The van der Waals surface area contributed by atoms with E-state index in [1.54, 1.807) is 35.3 Å². The Morgan fingerprint density at radius 3 is 2.33 bits per heavy atom. The van der Waals surface area contributed by atoms with E-state index in [0.29, 0.717) is 26.5 Å². The molecule has 3 heterocycles. The fourth-order valence-electron chi connectivity index (χ4n) is 3.25. The van der Waals surface area contributed by atoms with Crippen molar-refractivity contribution in [2.75, 3.05) is 26.0 Å². The lowest BCUT2D eigenvalue weighted by atomic mass is 10.3. The van der Waals surface area contributed by atoms with E-state index in [1.165, 1.54) is 16.2 Å². The quantitative estimate of drug-likeness (QED) is 0.645. The molecular formula is C18H18N4O2S3. The molecule has 2 aliphatic rings. The van der Waals surface area contributed by atoms with Gasteiger partial charge in [-0.3, -0.25) is 19.1 Å². The summed E-state index contributed by atoms with van der Waals surface area (Å²) in [5.41, 5.74) is 1.47. The second kappa shape index (κ2) is 6.50. The number of hydrogen-bond acceptors (Lipinski definition) is 6. The molecule has 2 aliphatic heterocycles. The van der Waals surface area contributed by atoms with E-state index in [9.17, 15) is 9.59 Å². The molecule has 0 radical (unpaired) electrons. The molecule has 0 N–H and O–H groups in total. The third-order valence-corrected chi connectivity index (χ3v) is 7.84. The molecule has 0 aliphatic carbocycles. The number of rotatable bonds is 1. The van der Waals surface area contributed by atoms with Crippen LogP contribution < -0.4 is 19.7 Å². The number of thiazole rings is 1. The summed E-state index contributed by atoms with van der Waals surface area (Å²) in [5.74, 6) is -0.182. The van der Waals surface area contributed by atoms with Gasteiger partial charge in [0.15, 0.2) is 5.11 Å². The molecule has 0 saturated carbocycles. The van der Waals surface area contributed by atoms with Crippen LogP contribution in [0.4, 0.5) is 5.69 Å². The van der Waals surface area contributed by atoms with E-state index in [1.807, 2.05) is 43.1 Å². The molecule has 6 nitrogen and oxygen atoms in total. The van der Waals surface area contributed by atoms with Gasteiger partial charge in [-0.2, -0.15) is 0 Å². The summed E-state index contributed by atoms with van der Waals surface area (Å²) in [5, 5.41) is 1.33. The average Bonchev–Trinajstić information content (AvgIpc) is 3.23. The molecule has 9 heteroatoms. The number of carbonyl (C=O) groups excluding carboxylic acids is 1. The summed E-state index contributed by atoms with van der Waals surface area (Å²) in [7, 11) is 5.39. The van der Waals surface area contributed by atoms with Crippen molar-refractivity contribution in [2.24, 2.45) is 0 Å². The Morgan fingerprint density at radius 1 is 1.04 bits per heavy atom. The predicted octanol–water partition coefficient (Wildman–Crippen LogP) is 1.03. The molecule has 1 aromatic heterocycles. The van der Waals surface area contributed by atoms with Gasteiger partial charge in [-0.15, -0.1) is 11.3 Å². The molecule has 0 spiro atoms. The maximum Gasteiger partial charge on any atom is 0.279 e. The number of aromatic nitrogens is 1. The third kappa shape index (κ3) is 2.56. The van der Waals surface area contributed by atoms with Gasteiger partial charge in [0.1, 0.15) is 19.9 Å². The van der Waals surface area contributed by atoms with E-state index in [-0.39, 0.29) is 11.5 Å². The zero-order chi connectivity index (χ0) is 19.5. The number of nitrogens with zero attached hydrogens (tertiary/aromatic N) is 4. The zero-order valence-electron chi connectivity index (χ0n) is 15.3. The largest absolute Gasteiger partial charge is 0.337 e. The Labute approximate surface area is 170 Å². The molecule has 0 bridgehead atoms. The number of anilines is 1. The number of hydrogen-bond donors (Lipinski definition) is 0. The van der Waals surface area contributed by atoms with Gasteiger partial charge < -0.3 is 9.80 Å². The van der Waals surface area contributed by atoms with Crippen LogP contribution in [-0.4, -0.2) is 46.5 Å². The highest BCUT2D eigenvalue weighted by molar-refractivity contribution is 8.08. The molecule has 0 unspecified atom stereocenters. The maximum absolute atomic E-state index is 13.2. The maximum atomic E-state index is 13.2. The van der Waals surface area contributed by atoms with Gasteiger partial charge in [0.05, 0.1) is 5.69 Å². The van der Waals surface area contributed by atoms with Crippen LogP contribution in [-0.2, 0) is 11.3 Å². The van der Waals surface area contributed by atoms with Crippen molar-refractivity contribution in [1.82, 2.24) is 14.4 Å². The molecule has 27 heavy (non-hydrogen) atoms. The van der Waals surface area contributed by atoms with Crippen LogP contribution in [0.1, 0.15) is 6.92 Å². The van der Waals surface area contributed by atoms with Crippen LogP contribution in [0.25, 0.3) is 10.7 Å². The van der Waals surface area contributed by atoms with Gasteiger partial charge in [0, 0.05) is 32.6 Å². The molecule has 140 valence electrons. The van der Waals surface area contributed by atoms with Crippen LogP contribution in [0, 0.1) is 0 Å². The number of thiocarbonyl (C=S) groups is 1. The standard InChI is InChI=1S/C18H18N4O2S3/c1-5-22-15(24)13(17-19(2)10-8-6-7-9-11(10)26-17)27-16(22)12-14(23)21(4)18(25)20(12)3/h6-9H,5H2,1-4H3. The minimum atomic E-state index is -0.182. The summed E-state index contributed by atoms with van der Waals surface area (Å²) in [4.78, 5) is 32.2. The molecule has 2 aromatic rings. The summed E-state index contributed by atoms with van der Waals surface area (Å²) < 4.78 is 2.95. The Balaban J connectivity index is 2.04. The van der Waals surface area contributed by atoms with Gasteiger partial charge in [-0.05, 0) is 31.3 Å². The summed E-state index contributed by atoms with van der Waals surface area (Å²) in [6.07, 6.45) is 0. The first-order valence-electron chi connectivity index (χ1n) is 8.41. The average molecular weight is 419 g/mol. The zero-order valence-corrected chi connectivity index (χ0v) is 17.8. The lowest BCUT2D eigenvalue weighted by Gasteiger charge is -2.11. The van der Waals surface area contributed by atoms with Gasteiger partial charge in [0.2, 0.25) is 0 Å². The lowest BCUT2D eigenvalue weighted by molar-refractivity contribution is -0.120. The Kier molecular flexibility index (Phi) is 4.40. The number of para-hydroxylation sites is 1. The summed E-state index contributed by atoms with van der Waals surface area (Å²) >= 11 is 8.26. The molecule has 1 amide bonds. The van der Waals surface area contributed by atoms with Crippen molar-refractivity contribution >= 4 is 62.7 Å². The molecule has 1 fully saturated rings. The van der Waals surface area contributed by atoms with E-state index in [2.05, 4.69) is 0 Å². The third-order valence-electron chi connectivity index (χ3n) is 4.75. The number of thioether (sulfide) groups is 1. The number of carbonyl (C=O) groups is 1. The van der Waals surface area contributed by atoms with Crippen LogP contribution in [0.5, 0.6) is 0 Å². The lowest BCUT2D eigenvalue weighted by Crippen LogP contribution is -2.35. The van der Waals surface area contributed by atoms with Crippen LogP contribution >= 0.6 is 35.3 Å². The second-order valence-electron chi connectivity index (χ2n) is 6.27. The SMILES string of the molecule is CCn1c(=C2C(=O)N(C)C(=S)N2C)sc(=C2Sc3ccccc3N2C)c1=O. The van der Waals surface area contributed by atoms with Crippen LogP contribution in [0.2, 0.25) is 0 Å². The normalized spacial score (nSPS) is 20.8. The number of fused-ring (bicyclic) bond motifs is 1. The smallest absolute Gasteiger partial charge is 0.279 e. The van der Waals surface area contributed by atoms with E-state index < -0.39 is 0 Å². The minimum Gasteiger partial charge on any atom is -0.337 e. The van der Waals surface area contributed by atoms with Crippen molar-refractivity contribution in [2.45, 2.75) is 18.4 Å². The minimum absolute atomic E-state index is 0.0752. The first kappa shape index (κ1) is 18.3. The Bertz CT molecular complexity index is 1160. The van der Waals surface area contributed by atoms with Crippen molar-refractivity contribution in [3.63, 3.8) is 0 Å². The van der Waals surface area contributed by atoms with Crippen LogP contribution in [0.15, 0.2) is 34.0 Å². The van der Waals surface area contributed by atoms with Gasteiger partial charge in [-0.1, -0.05) is 23.9 Å². The van der Waals surface area contributed by atoms with Crippen LogP contribution in [0.3, 0.4) is 0 Å².